The average Bonchev–Trinajstić information content (AvgIpc) is 3.47. The van der Waals surface area contributed by atoms with Crippen LogP contribution in [0.4, 0.5) is 14.5 Å². The zero-order chi connectivity index (χ0) is 22.6. The standard InChI is InChI=1S/C23H12BrF2NO5/c24-12-3-6-16-11(8-12)9-18(32-16)21(28)19-20(17-2-1-7-31-17)27(23(30)22(19)29)15-5-4-13(25)10-14(15)26/h1-10,20,29H. The van der Waals surface area contributed by atoms with E-state index in [1.54, 1.807) is 18.2 Å². The lowest BCUT2D eigenvalue weighted by molar-refractivity contribution is -0.117. The van der Waals surface area contributed by atoms with Crippen molar-refractivity contribution in [1.82, 2.24) is 0 Å². The number of carbonyl (C=O) groups is 2. The summed E-state index contributed by atoms with van der Waals surface area (Å²) in [6, 6.07) is 11.0. The molecule has 9 heteroatoms. The number of amides is 1. The largest absolute Gasteiger partial charge is 0.503 e. The van der Waals surface area contributed by atoms with Gasteiger partial charge in [-0.15, -0.1) is 0 Å². The lowest BCUT2D eigenvalue weighted by Crippen LogP contribution is -2.31. The summed E-state index contributed by atoms with van der Waals surface area (Å²) in [4.78, 5) is 27.2. The summed E-state index contributed by atoms with van der Waals surface area (Å²) in [6.07, 6.45) is 1.31. The smallest absolute Gasteiger partial charge is 0.294 e. The number of rotatable bonds is 4. The Balaban J connectivity index is 1.65. The molecule has 1 aliphatic heterocycles. The van der Waals surface area contributed by atoms with Crippen molar-refractivity contribution >= 4 is 44.3 Å². The number of halogens is 3. The Hall–Kier alpha value is -3.72. The van der Waals surface area contributed by atoms with E-state index in [-0.39, 0.29) is 22.8 Å². The molecule has 160 valence electrons. The van der Waals surface area contributed by atoms with Crippen LogP contribution in [-0.2, 0) is 4.79 Å². The molecule has 1 unspecified atom stereocenters. The van der Waals surface area contributed by atoms with E-state index in [1.807, 2.05) is 0 Å². The molecule has 0 saturated heterocycles. The second kappa shape index (κ2) is 7.45. The van der Waals surface area contributed by atoms with Crippen LogP contribution in [0.5, 0.6) is 0 Å². The molecule has 0 saturated carbocycles. The maximum atomic E-state index is 14.6. The SMILES string of the molecule is O=C(C1=C(O)C(=O)N(c2ccc(F)cc2F)C1c1ccco1)c1cc2cc(Br)ccc2o1. The van der Waals surface area contributed by atoms with E-state index in [0.29, 0.717) is 17.0 Å². The van der Waals surface area contributed by atoms with Crippen molar-refractivity contribution in [2.24, 2.45) is 0 Å². The Morgan fingerprint density at radius 3 is 2.62 bits per heavy atom. The van der Waals surface area contributed by atoms with Gasteiger partial charge < -0.3 is 13.9 Å². The summed E-state index contributed by atoms with van der Waals surface area (Å²) in [5, 5.41) is 11.3. The Kier molecular flexibility index (Phi) is 4.70. The molecule has 1 aliphatic rings. The van der Waals surface area contributed by atoms with Crippen molar-refractivity contribution in [3.8, 4) is 0 Å². The molecule has 0 fully saturated rings. The van der Waals surface area contributed by atoms with E-state index >= 15 is 0 Å². The molecule has 3 heterocycles. The van der Waals surface area contributed by atoms with Gasteiger partial charge in [0.1, 0.15) is 29.0 Å². The number of benzene rings is 2. The maximum absolute atomic E-state index is 14.6. The number of furan rings is 2. The van der Waals surface area contributed by atoms with Crippen LogP contribution < -0.4 is 4.90 Å². The van der Waals surface area contributed by atoms with E-state index < -0.39 is 35.1 Å². The van der Waals surface area contributed by atoms with Gasteiger partial charge in [-0.05, 0) is 48.5 Å². The van der Waals surface area contributed by atoms with Gasteiger partial charge in [0.05, 0.1) is 17.5 Å². The van der Waals surface area contributed by atoms with Gasteiger partial charge in [0.15, 0.2) is 11.5 Å². The number of Topliss-reactive ketones (excluding diaryl/α,β-unsaturated/α-hetero) is 1. The first-order chi connectivity index (χ1) is 15.3. The number of fused-ring (bicyclic) bond motifs is 1. The summed E-state index contributed by atoms with van der Waals surface area (Å²) in [6.45, 7) is 0. The van der Waals surface area contributed by atoms with Crippen molar-refractivity contribution in [2.45, 2.75) is 6.04 Å². The van der Waals surface area contributed by atoms with Crippen LogP contribution in [0.1, 0.15) is 22.4 Å². The molecule has 0 aliphatic carbocycles. The number of nitrogens with zero attached hydrogens (tertiary/aromatic N) is 1. The molecule has 2 aromatic heterocycles. The van der Waals surface area contributed by atoms with E-state index in [2.05, 4.69) is 15.9 Å². The Morgan fingerprint density at radius 1 is 1.09 bits per heavy atom. The average molecular weight is 500 g/mol. The second-order valence-electron chi connectivity index (χ2n) is 7.07. The van der Waals surface area contributed by atoms with Gasteiger partial charge in [0, 0.05) is 15.9 Å². The fourth-order valence-electron chi connectivity index (χ4n) is 3.74. The highest BCUT2D eigenvalue weighted by molar-refractivity contribution is 9.10. The number of hydrogen-bond acceptors (Lipinski definition) is 5. The highest BCUT2D eigenvalue weighted by Gasteiger charge is 2.47. The summed E-state index contributed by atoms with van der Waals surface area (Å²) in [5.41, 5.74) is -0.232. The lowest BCUT2D eigenvalue weighted by Gasteiger charge is -2.25. The first-order valence-electron chi connectivity index (χ1n) is 9.34. The zero-order valence-electron chi connectivity index (χ0n) is 16.0. The molecule has 5 rings (SSSR count). The quantitative estimate of drug-likeness (QED) is 0.356. The highest BCUT2D eigenvalue weighted by atomic mass is 79.9. The third-order valence-electron chi connectivity index (χ3n) is 5.14. The Labute approximate surface area is 187 Å². The van der Waals surface area contributed by atoms with Gasteiger partial charge in [-0.1, -0.05) is 15.9 Å². The fraction of sp³-hybridized carbons (Fsp3) is 0.0435. The normalized spacial score (nSPS) is 16.4. The van der Waals surface area contributed by atoms with Crippen molar-refractivity contribution in [3.05, 3.63) is 99.8 Å². The molecule has 0 bridgehead atoms. The molecule has 32 heavy (non-hydrogen) atoms. The minimum absolute atomic E-state index is 0.105. The first-order valence-corrected chi connectivity index (χ1v) is 10.1. The van der Waals surface area contributed by atoms with Crippen LogP contribution in [0, 0.1) is 11.6 Å². The lowest BCUT2D eigenvalue weighted by atomic mass is 9.99. The molecule has 1 N–H and O–H groups in total. The number of ketones is 1. The predicted octanol–water partition coefficient (Wildman–Crippen LogP) is 5.85. The number of anilines is 1. The van der Waals surface area contributed by atoms with E-state index in [0.717, 1.165) is 21.5 Å². The summed E-state index contributed by atoms with van der Waals surface area (Å²) in [5.74, 6) is -4.56. The van der Waals surface area contributed by atoms with E-state index in [1.165, 1.54) is 24.5 Å². The van der Waals surface area contributed by atoms with Crippen LogP contribution in [-0.4, -0.2) is 16.8 Å². The van der Waals surface area contributed by atoms with Crippen LogP contribution in [0.3, 0.4) is 0 Å². The van der Waals surface area contributed by atoms with Crippen LogP contribution in [0.25, 0.3) is 11.0 Å². The number of aliphatic hydroxyl groups is 1. The van der Waals surface area contributed by atoms with Gasteiger partial charge in [-0.2, -0.15) is 0 Å². The summed E-state index contributed by atoms with van der Waals surface area (Å²) < 4.78 is 39.8. The number of aliphatic hydroxyl groups excluding tert-OH is 1. The van der Waals surface area contributed by atoms with Gasteiger partial charge in [0.2, 0.25) is 5.78 Å². The fourth-order valence-corrected chi connectivity index (χ4v) is 4.12. The minimum atomic E-state index is -1.29. The number of hydrogen-bond donors (Lipinski definition) is 1. The maximum Gasteiger partial charge on any atom is 0.294 e. The molecule has 0 spiro atoms. The molecular weight excluding hydrogens is 488 g/mol. The van der Waals surface area contributed by atoms with Gasteiger partial charge in [-0.3, -0.25) is 14.5 Å². The number of carbonyl (C=O) groups excluding carboxylic acids is 2. The van der Waals surface area contributed by atoms with E-state index in [9.17, 15) is 23.5 Å². The van der Waals surface area contributed by atoms with Crippen LogP contribution in [0.15, 0.2) is 85.5 Å². The second-order valence-corrected chi connectivity index (χ2v) is 7.99. The molecule has 4 aromatic rings. The minimum Gasteiger partial charge on any atom is -0.503 e. The summed E-state index contributed by atoms with van der Waals surface area (Å²) >= 11 is 3.34. The van der Waals surface area contributed by atoms with Gasteiger partial charge >= 0.3 is 0 Å². The van der Waals surface area contributed by atoms with Gasteiger partial charge in [-0.25, -0.2) is 8.78 Å². The predicted molar refractivity (Wildman–Crippen MR) is 113 cm³/mol. The van der Waals surface area contributed by atoms with Crippen LogP contribution >= 0.6 is 15.9 Å². The van der Waals surface area contributed by atoms with Crippen molar-refractivity contribution in [2.75, 3.05) is 4.90 Å². The third kappa shape index (κ3) is 3.13. The molecule has 2 aromatic carbocycles. The van der Waals surface area contributed by atoms with Crippen LogP contribution in [0.2, 0.25) is 0 Å². The van der Waals surface area contributed by atoms with Crippen molar-refractivity contribution in [1.29, 1.82) is 0 Å². The van der Waals surface area contributed by atoms with E-state index in [4.69, 9.17) is 8.83 Å². The molecule has 1 amide bonds. The first kappa shape index (κ1) is 20.2. The highest BCUT2D eigenvalue weighted by Crippen LogP contribution is 2.43. The Bertz CT molecular complexity index is 1420. The zero-order valence-corrected chi connectivity index (χ0v) is 17.6. The topological polar surface area (TPSA) is 83.9 Å². The monoisotopic (exact) mass is 499 g/mol. The Morgan fingerprint density at radius 2 is 1.91 bits per heavy atom. The third-order valence-corrected chi connectivity index (χ3v) is 5.63. The molecule has 6 nitrogen and oxygen atoms in total. The van der Waals surface area contributed by atoms with Gasteiger partial charge in [0.25, 0.3) is 5.91 Å². The summed E-state index contributed by atoms with van der Waals surface area (Å²) in [7, 11) is 0. The molecule has 0 radical (unpaired) electrons. The van der Waals surface area contributed by atoms with Crippen molar-refractivity contribution < 1.29 is 32.3 Å². The van der Waals surface area contributed by atoms with Crippen molar-refractivity contribution in [3.63, 3.8) is 0 Å². The molecular formula is C23H12BrF2NO5. The molecule has 1 atom stereocenters.